The Morgan fingerprint density at radius 3 is 2.57 bits per heavy atom. The molecule has 5 rings (SSSR count). The molecular weight excluding hydrogens is 577 g/mol. The molecule has 1 fully saturated rings. The van der Waals surface area contributed by atoms with E-state index in [1.165, 1.54) is 28.8 Å². The number of nitriles is 1. The number of carbonyl (C=O) groups is 1. The number of nitrogens with one attached hydrogen (secondary N) is 1. The van der Waals surface area contributed by atoms with E-state index in [1.54, 1.807) is 35.8 Å². The molecule has 226 valence electrons. The first-order valence-corrected chi connectivity index (χ1v) is 13.6. The largest absolute Gasteiger partial charge is 0.471 e. The van der Waals surface area contributed by atoms with E-state index < -0.39 is 17.6 Å². The van der Waals surface area contributed by atoms with Crippen molar-refractivity contribution in [2.24, 2.45) is 0 Å². The molecule has 1 aliphatic rings. The van der Waals surface area contributed by atoms with Crippen molar-refractivity contribution >= 4 is 28.7 Å². The summed E-state index contributed by atoms with van der Waals surface area (Å²) in [5, 5.41) is 12.7. The van der Waals surface area contributed by atoms with Gasteiger partial charge in [-0.05, 0) is 36.8 Å². The fraction of sp³-hybridized carbons (Fsp3) is 0.300. The van der Waals surface area contributed by atoms with Gasteiger partial charge in [-0.3, -0.25) is 18.7 Å². The zero-order chi connectivity index (χ0) is 31.4. The van der Waals surface area contributed by atoms with Crippen LogP contribution in [0.15, 0.2) is 53.3 Å². The lowest BCUT2D eigenvalue weighted by Crippen LogP contribution is -2.44. The number of piperazine rings is 1. The van der Waals surface area contributed by atoms with Crippen LogP contribution in [-0.2, 0) is 17.9 Å². The number of hydrogen-bond acceptors (Lipinski definition) is 8. The molecular formula is C30H27F3N8O3. The fourth-order valence-electron chi connectivity index (χ4n) is 4.86. The maximum absolute atomic E-state index is 14.3. The summed E-state index contributed by atoms with van der Waals surface area (Å²) in [5.41, 5.74) is 0.465. The zero-order valence-electron chi connectivity index (χ0n) is 23.9. The SMILES string of the molecule is CC#CCn1c(N2CCNCC2)nc2nc(Oc3ccccc3N(C)C(=O)C(F)(F)F)n(Cc3cccc(C#N)c3)c(=O)c21. The normalized spacial score (nSPS) is 13.2. The molecule has 1 aliphatic heterocycles. The molecule has 0 bridgehead atoms. The van der Waals surface area contributed by atoms with Crippen molar-refractivity contribution in [2.75, 3.05) is 43.0 Å². The van der Waals surface area contributed by atoms with Crippen LogP contribution in [0.3, 0.4) is 0 Å². The number of benzene rings is 2. The summed E-state index contributed by atoms with van der Waals surface area (Å²) in [6, 6.07) is 14.0. The maximum Gasteiger partial charge on any atom is 0.471 e. The average Bonchev–Trinajstić information content (AvgIpc) is 3.39. The van der Waals surface area contributed by atoms with Gasteiger partial charge < -0.3 is 19.9 Å². The molecule has 3 heterocycles. The Kier molecular flexibility index (Phi) is 8.55. The van der Waals surface area contributed by atoms with E-state index in [-0.39, 0.29) is 41.7 Å². The summed E-state index contributed by atoms with van der Waals surface area (Å²) in [6.07, 6.45) is -5.12. The Hall–Kier alpha value is -5.34. The first-order chi connectivity index (χ1) is 21.1. The number of nitrogens with zero attached hydrogens (tertiary/aromatic N) is 7. The first-order valence-electron chi connectivity index (χ1n) is 13.6. The number of carbonyl (C=O) groups excluding carboxylic acids is 1. The number of halogens is 3. The number of hydrogen-bond donors (Lipinski definition) is 1. The van der Waals surface area contributed by atoms with E-state index in [0.29, 0.717) is 48.2 Å². The monoisotopic (exact) mass is 604 g/mol. The predicted molar refractivity (Wildman–Crippen MR) is 157 cm³/mol. The van der Waals surface area contributed by atoms with Gasteiger partial charge in [0, 0.05) is 33.2 Å². The molecule has 11 nitrogen and oxygen atoms in total. The zero-order valence-corrected chi connectivity index (χ0v) is 23.9. The molecule has 0 atom stereocenters. The highest BCUT2D eigenvalue weighted by Crippen LogP contribution is 2.34. The Labute approximate surface area is 250 Å². The van der Waals surface area contributed by atoms with E-state index in [9.17, 15) is 28.0 Å². The molecule has 0 aliphatic carbocycles. The van der Waals surface area contributed by atoms with Crippen molar-refractivity contribution in [1.29, 1.82) is 5.26 Å². The highest BCUT2D eigenvalue weighted by molar-refractivity contribution is 5.98. The molecule has 1 saturated heterocycles. The summed E-state index contributed by atoms with van der Waals surface area (Å²) < 4.78 is 48.8. The number of para-hydroxylation sites is 2. The third-order valence-corrected chi connectivity index (χ3v) is 6.99. The van der Waals surface area contributed by atoms with E-state index in [4.69, 9.17) is 4.74 Å². The second-order valence-electron chi connectivity index (χ2n) is 9.86. The van der Waals surface area contributed by atoms with Crippen LogP contribution in [0.4, 0.5) is 24.8 Å². The lowest BCUT2D eigenvalue weighted by molar-refractivity contribution is -0.170. The van der Waals surface area contributed by atoms with E-state index in [1.807, 2.05) is 4.90 Å². The van der Waals surface area contributed by atoms with Crippen LogP contribution in [0, 0.1) is 23.2 Å². The summed E-state index contributed by atoms with van der Waals surface area (Å²) >= 11 is 0. The van der Waals surface area contributed by atoms with Crippen LogP contribution in [0.1, 0.15) is 18.1 Å². The number of amides is 1. The van der Waals surface area contributed by atoms with E-state index in [0.717, 1.165) is 7.05 Å². The standard InChI is InChI=1S/C30H27F3N8O3/c1-3-4-14-40-24-25(36-28(40)39-15-12-35-13-16-39)37-29(41(26(24)42)19-21-9-7-8-20(17-21)18-34)44-23-11-6-5-10-22(23)38(2)27(43)30(31,32)33/h5-11,17,35H,12-16,19H2,1-2H3. The van der Waals surface area contributed by atoms with Crippen LogP contribution >= 0.6 is 0 Å². The van der Waals surface area contributed by atoms with Gasteiger partial charge in [-0.2, -0.15) is 28.4 Å². The summed E-state index contributed by atoms with van der Waals surface area (Å²) in [4.78, 5) is 38.0. The predicted octanol–water partition coefficient (Wildman–Crippen LogP) is 3.26. The molecule has 1 N–H and O–H groups in total. The minimum Gasteiger partial charge on any atom is -0.423 e. The van der Waals surface area contributed by atoms with Gasteiger partial charge >= 0.3 is 18.1 Å². The Bertz CT molecular complexity index is 1870. The molecule has 2 aromatic carbocycles. The van der Waals surface area contributed by atoms with Crippen molar-refractivity contribution in [3.05, 3.63) is 70.0 Å². The van der Waals surface area contributed by atoms with Gasteiger partial charge in [-0.25, -0.2) is 0 Å². The number of ether oxygens (including phenoxy) is 1. The van der Waals surface area contributed by atoms with E-state index in [2.05, 4.69) is 33.2 Å². The van der Waals surface area contributed by atoms with E-state index >= 15 is 0 Å². The minimum atomic E-state index is -5.12. The summed E-state index contributed by atoms with van der Waals surface area (Å²) in [5.74, 6) is 4.09. The van der Waals surface area contributed by atoms with Crippen LogP contribution in [0.25, 0.3) is 11.2 Å². The lowest BCUT2D eigenvalue weighted by atomic mass is 10.1. The molecule has 2 aromatic heterocycles. The van der Waals surface area contributed by atoms with Crippen molar-refractivity contribution in [1.82, 2.24) is 24.4 Å². The van der Waals surface area contributed by atoms with Crippen LogP contribution in [0.5, 0.6) is 11.8 Å². The lowest BCUT2D eigenvalue weighted by Gasteiger charge is -2.28. The number of aromatic nitrogens is 4. The van der Waals surface area contributed by atoms with Gasteiger partial charge in [0.1, 0.15) is 0 Å². The Morgan fingerprint density at radius 1 is 1.11 bits per heavy atom. The molecule has 0 radical (unpaired) electrons. The van der Waals surface area contributed by atoms with Gasteiger partial charge in [0.15, 0.2) is 16.9 Å². The number of rotatable bonds is 7. The number of fused-ring (bicyclic) bond motifs is 1. The number of alkyl halides is 3. The van der Waals surface area contributed by atoms with Crippen molar-refractivity contribution in [2.45, 2.75) is 26.2 Å². The molecule has 1 amide bonds. The highest BCUT2D eigenvalue weighted by Gasteiger charge is 2.42. The van der Waals surface area contributed by atoms with Crippen LogP contribution in [0.2, 0.25) is 0 Å². The summed E-state index contributed by atoms with van der Waals surface area (Å²) in [7, 11) is 0.977. The number of anilines is 2. The topological polar surface area (TPSA) is 121 Å². The third kappa shape index (κ3) is 6.07. The quantitative estimate of drug-likeness (QED) is 0.319. The van der Waals surface area contributed by atoms with Gasteiger partial charge in [0.2, 0.25) is 5.95 Å². The molecule has 0 unspecified atom stereocenters. The number of imidazole rings is 1. The molecule has 0 saturated carbocycles. The third-order valence-electron chi connectivity index (χ3n) is 6.99. The van der Waals surface area contributed by atoms with Crippen molar-refractivity contribution < 1.29 is 22.7 Å². The van der Waals surface area contributed by atoms with Crippen LogP contribution in [-0.4, -0.2) is 64.4 Å². The summed E-state index contributed by atoms with van der Waals surface area (Å²) in [6.45, 7) is 4.46. The second kappa shape index (κ2) is 12.5. The smallest absolute Gasteiger partial charge is 0.423 e. The average molecular weight is 605 g/mol. The Balaban J connectivity index is 1.70. The van der Waals surface area contributed by atoms with Gasteiger partial charge in [-0.1, -0.05) is 30.2 Å². The van der Waals surface area contributed by atoms with Crippen molar-refractivity contribution in [3.63, 3.8) is 0 Å². The van der Waals surface area contributed by atoms with Gasteiger partial charge in [0.25, 0.3) is 5.56 Å². The van der Waals surface area contributed by atoms with Crippen molar-refractivity contribution in [3.8, 4) is 29.7 Å². The van der Waals surface area contributed by atoms with Gasteiger partial charge in [-0.15, -0.1) is 5.92 Å². The maximum atomic E-state index is 14.3. The molecule has 14 heteroatoms. The molecule has 0 spiro atoms. The minimum absolute atomic E-state index is 0.0654. The Morgan fingerprint density at radius 2 is 1.86 bits per heavy atom. The molecule has 4 aromatic rings. The fourth-order valence-corrected chi connectivity index (χ4v) is 4.86. The van der Waals surface area contributed by atoms with Gasteiger partial charge in [0.05, 0.1) is 30.4 Å². The highest BCUT2D eigenvalue weighted by atomic mass is 19.4. The second-order valence-corrected chi connectivity index (χ2v) is 9.86. The first kappa shape index (κ1) is 30.1. The van der Waals surface area contributed by atoms with Crippen LogP contribution < -0.4 is 25.4 Å². The molecule has 44 heavy (non-hydrogen) atoms.